The number of halogens is 1. The normalized spacial score (nSPS) is 10.0. The topological polar surface area (TPSA) is 49.6 Å². The van der Waals surface area contributed by atoms with Crippen LogP contribution < -0.4 is 0 Å². The Labute approximate surface area is 118 Å². The zero-order chi connectivity index (χ0) is 13.0. The summed E-state index contributed by atoms with van der Waals surface area (Å²) in [6.07, 6.45) is 1.77. The Bertz CT molecular complexity index is 603. The first kappa shape index (κ1) is 13.1. The Kier molecular flexibility index (Phi) is 4.37. The molecule has 0 aliphatic rings. The van der Waals surface area contributed by atoms with Crippen LogP contribution in [0.5, 0.6) is 0 Å². The summed E-state index contributed by atoms with van der Waals surface area (Å²) in [6.45, 7) is 3.64. The molecule has 0 unspecified atom stereocenters. The Morgan fingerprint density at radius 3 is 3.00 bits per heavy atom. The molecule has 90 valence electrons. The van der Waals surface area contributed by atoms with Crippen molar-refractivity contribution in [1.82, 2.24) is 9.97 Å². The minimum atomic E-state index is 0.197. The maximum atomic E-state index is 9.13. The van der Waals surface area contributed by atoms with Gasteiger partial charge < -0.3 is 0 Å². The van der Waals surface area contributed by atoms with Crippen LogP contribution in [0.15, 0.2) is 35.3 Å². The highest BCUT2D eigenvalue weighted by Gasteiger charge is 2.15. The second-order valence-corrected chi connectivity index (χ2v) is 5.50. The highest BCUT2D eigenvalue weighted by atomic mass is 35.5. The summed E-state index contributed by atoms with van der Waals surface area (Å²) >= 11 is 8.98. The number of thioether (sulfide) groups is 1. The van der Waals surface area contributed by atoms with Crippen molar-refractivity contribution in [2.45, 2.75) is 5.16 Å². The third-order valence-corrected chi connectivity index (χ3v) is 4.03. The first-order valence-corrected chi connectivity index (χ1v) is 7.25. The average molecular weight is 294 g/mol. The van der Waals surface area contributed by atoms with E-state index in [1.54, 1.807) is 6.08 Å². The average Bonchev–Trinajstić information content (AvgIpc) is 2.89. The van der Waals surface area contributed by atoms with Gasteiger partial charge in [-0.2, -0.15) is 5.26 Å². The number of aromatic nitrogens is 2. The molecule has 2 aromatic rings. The Morgan fingerprint density at radius 1 is 1.56 bits per heavy atom. The van der Waals surface area contributed by atoms with Crippen LogP contribution in [0.25, 0.3) is 10.6 Å². The highest BCUT2D eigenvalue weighted by Crippen LogP contribution is 2.31. The van der Waals surface area contributed by atoms with Crippen molar-refractivity contribution in [2.24, 2.45) is 0 Å². The summed E-state index contributed by atoms with van der Waals surface area (Å²) in [4.78, 5) is 9.41. The Morgan fingerprint density at radius 2 is 2.39 bits per heavy atom. The van der Waals surface area contributed by atoms with E-state index in [1.165, 1.54) is 23.1 Å². The zero-order valence-corrected chi connectivity index (χ0v) is 11.6. The first-order valence-electron chi connectivity index (χ1n) is 5.01. The maximum absolute atomic E-state index is 9.13. The van der Waals surface area contributed by atoms with Crippen LogP contribution in [0.2, 0.25) is 5.15 Å². The van der Waals surface area contributed by atoms with Gasteiger partial charge in [-0.25, -0.2) is 9.97 Å². The highest BCUT2D eigenvalue weighted by molar-refractivity contribution is 7.99. The molecule has 0 aromatic carbocycles. The molecule has 3 nitrogen and oxygen atoms in total. The number of thiophene rings is 1. The van der Waals surface area contributed by atoms with Crippen molar-refractivity contribution in [3.05, 3.63) is 40.9 Å². The third kappa shape index (κ3) is 2.72. The first-order chi connectivity index (χ1) is 8.76. The Hall–Kier alpha value is -1.35. The Balaban J connectivity index is 2.52. The van der Waals surface area contributed by atoms with Crippen molar-refractivity contribution in [1.29, 1.82) is 5.26 Å². The molecule has 2 heterocycles. The van der Waals surface area contributed by atoms with E-state index in [0.717, 1.165) is 4.88 Å². The van der Waals surface area contributed by atoms with E-state index in [9.17, 15) is 0 Å². The summed E-state index contributed by atoms with van der Waals surface area (Å²) in [7, 11) is 0. The van der Waals surface area contributed by atoms with E-state index in [4.69, 9.17) is 16.9 Å². The van der Waals surface area contributed by atoms with Gasteiger partial charge in [-0.3, -0.25) is 0 Å². The predicted molar refractivity (Wildman–Crippen MR) is 76.0 cm³/mol. The lowest BCUT2D eigenvalue weighted by molar-refractivity contribution is 0.970. The molecule has 18 heavy (non-hydrogen) atoms. The molecule has 2 aromatic heterocycles. The van der Waals surface area contributed by atoms with Gasteiger partial charge in [-0.05, 0) is 11.4 Å². The summed E-state index contributed by atoms with van der Waals surface area (Å²) in [6, 6.07) is 5.88. The minimum absolute atomic E-state index is 0.197. The van der Waals surface area contributed by atoms with Gasteiger partial charge in [0.2, 0.25) is 0 Å². The second kappa shape index (κ2) is 6.01. The SMILES string of the molecule is C=CCSc1nc(Cl)c(C#N)c(-c2cccs2)n1. The molecule has 0 aliphatic carbocycles. The van der Waals surface area contributed by atoms with Crippen LogP contribution in [0.4, 0.5) is 0 Å². The molecule has 0 amide bonds. The van der Waals surface area contributed by atoms with Gasteiger partial charge >= 0.3 is 0 Å². The number of nitriles is 1. The van der Waals surface area contributed by atoms with Crippen LogP contribution in [-0.4, -0.2) is 15.7 Å². The van der Waals surface area contributed by atoms with E-state index >= 15 is 0 Å². The lowest BCUT2D eigenvalue weighted by Gasteiger charge is -2.05. The molecule has 2 rings (SSSR count). The van der Waals surface area contributed by atoms with E-state index < -0.39 is 0 Å². The molecule has 0 saturated carbocycles. The largest absolute Gasteiger partial charge is 0.220 e. The number of hydrogen-bond acceptors (Lipinski definition) is 5. The standard InChI is InChI=1S/C12H8ClN3S2/c1-2-5-18-12-15-10(9-4-3-6-17-9)8(7-14)11(13)16-12/h2-4,6H,1,5H2. The van der Waals surface area contributed by atoms with Crippen LogP contribution in [0.3, 0.4) is 0 Å². The molecule has 0 spiro atoms. The molecular formula is C12H8ClN3S2. The van der Waals surface area contributed by atoms with Crippen molar-refractivity contribution < 1.29 is 0 Å². The van der Waals surface area contributed by atoms with Crippen LogP contribution in [0, 0.1) is 11.3 Å². The molecule has 0 N–H and O–H groups in total. The summed E-state index contributed by atoms with van der Waals surface area (Å²) in [5.74, 6) is 0.701. The minimum Gasteiger partial charge on any atom is -0.220 e. The molecular weight excluding hydrogens is 286 g/mol. The monoisotopic (exact) mass is 293 g/mol. The van der Waals surface area contributed by atoms with Gasteiger partial charge in [0.25, 0.3) is 0 Å². The molecule has 0 saturated heterocycles. The van der Waals surface area contributed by atoms with E-state index in [2.05, 4.69) is 22.6 Å². The van der Waals surface area contributed by atoms with Gasteiger partial charge in [0.15, 0.2) is 10.3 Å². The quantitative estimate of drug-likeness (QED) is 0.370. The summed E-state index contributed by atoms with van der Waals surface area (Å²) < 4.78 is 0. The van der Waals surface area contributed by atoms with Crippen LogP contribution in [0.1, 0.15) is 5.56 Å². The van der Waals surface area contributed by atoms with E-state index in [-0.39, 0.29) is 5.15 Å². The molecule has 0 aliphatic heterocycles. The van der Waals surface area contributed by atoms with Crippen molar-refractivity contribution in [3.63, 3.8) is 0 Å². The predicted octanol–water partition coefficient (Wildman–Crippen LogP) is 4.01. The van der Waals surface area contributed by atoms with E-state index in [0.29, 0.717) is 22.2 Å². The lowest BCUT2D eigenvalue weighted by atomic mass is 10.2. The van der Waals surface area contributed by atoms with Crippen LogP contribution in [-0.2, 0) is 0 Å². The molecule has 0 fully saturated rings. The molecule has 6 heteroatoms. The fraction of sp³-hybridized carbons (Fsp3) is 0.0833. The summed E-state index contributed by atoms with van der Waals surface area (Å²) in [5, 5.41) is 11.8. The second-order valence-electron chi connectivity index (χ2n) is 3.21. The molecule has 0 atom stereocenters. The molecule has 0 radical (unpaired) electrons. The van der Waals surface area contributed by atoms with Gasteiger partial charge in [-0.15, -0.1) is 17.9 Å². The number of hydrogen-bond donors (Lipinski definition) is 0. The number of rotatable bonds is 4. The zero-order valence-electron chi connectivity index (χ0n) is 9.26. The number of nitrogens with zero attached hydrogens (tertiary/aromatic N) is 3. The maximum Gasteiger partial charge on any atom is 0.189 e. The molecule has 0 bridgehead atoms. The van der Waals surface area contributed by atoms with Crippen molar-refractivity contribution in [3.8, 4) is 16.6 Å². The smallest absolute Gasteiger partial charge is 0.189 e. The van der Waals surface area contributed by atoms with Gasteiger partial charge in [0.1, 0.15) is 17.3 Å². The lowest BCUT2D eigenvalue weighted by Crippen LogP contribution is -1.96. The van der Waals surface area contributed by atoms with Gasteiger partial charge in [0, 0.05) is 5.75 Å². The van der Waals surface area contributed by atoms with Crippen molar-refractivity contribution >= 4 is 34.7 Å². The fourth-order valence-corrected chi connectivity index (χ4v) is 2.86. The third-order valence-electron chi connectivity index (χ3n) is 2.04. The fourth-order valence-electron chi connectivity index (χ4n) is 1.30. The van der Waals surface area contributed by atoms with E-state index in [1.807, 2.05) is 17.5 Å². The van der Waals surface area contributed by atoms with Gasteiger partial charge in [0.05, 0.1) is 4.88 Å². The van der Waals surface area contributed by atoms with Crippen LogP contribution >= 0.6 is 34.7 Å². The summed E-state index contributed by atoms with van der Waals surface area (Å²) in [5.41, 5.74) is 0.918. The van der Waals surface area contributed by atoms with Crippen molar-refractivity contribution in [2.75, 3.05) is 5.75 Å². The van der Waals surface area contributed by atoms with Gasteiger partial charge in [-0.1, -0.05) is 35.5 Å².